The van der Waals surface area contributed by atoms with Gasteiger partial charge in [0.05, 0.1) is 0 Å². The summed E-state index contributed by atoms with van der Waals surface area (Å²) in [5, 5.41) is 2.38. The van der Waals surface area contributed by atoms with Gasteiger partial charge in [0, 0.05) is 12.8 Å². The Bertz CT molecular complexity index is 488. The van der Waals surface area contributed by atoms with Crippen LogP contribution in [0.15, 0.2) is 30.3 Å². The molecule has 1 atom stereocenters. The van der Waals surface area contributed by atoms with Crippen molar-refractivity contribution in [1.82, 2.24) is 5.32 Å². The highest BCUT2D eigenvalue weighted by Crippen LogP contribution is 2.03. The molecule has 1 aromatic carbocycles. The van der Waals surface area contributed by atoms with E-state index in [2.05, 4.69) is 5.32 Å². The fourth-order valence-corrected chi connectivity index (χ4v) is 1.67. The van der Waals surface area contributed by atoms with Gasteiger partial charge in [-0.25, -0.2) is 4.79 Å². The number of alkyl carbamates (subject to hydrolysis) is 1. The Morgan fingerprint density at radius 3 is 2.48 bits per heavy atom. The summed E-state index contributed by atoms with van der Waals surface area (Å²) in [7, 11) is 0. The fraction of sp³-hybridized carbons (Fsp3) is 0.400. The van der Waals surface area contributed by atoms with Crippen molar-refractivity contribution in [1.29, 1.82) is 0 Å². The fourth-order valence-electron chi connectivity index (χ4n) is 1.67. The van der Waals surface area contributed by atoms with Gasteiger partial charge >= 0.3 is 6.09 Å². The first kappa shape index (κ1) is 16.7. The van der Waals surface area contributed by atoms with Crippen LogP contribution in [-0.2, 0) is 20.9 Å². The molecule has 0 aromatic heterocycles. The van der Waals surface area contributed by atoms with E-state index in [1.54, 1.807) is 6.92 Å². The van der Waals surface area contributed by atoms with Crippen LogP contribution in [0.1, 0.15) is 31.7 Å². The van der Waals surface area contributed by atoms with Gasteiger partial charge in [0.25, 0.3) is 0 Å². The molecular weight excluding hydrogens is 272 g/mol. The Kier molecular flexibility index (Phi) is 6.94. The minimum absolute atomic E-state index is 0.0145. The zero-order valence-electron chi connectivity index (χ0n) is 12.0. The van der Waals surface area contributed by atoms with Crippen molar-refractivity contribution >= 4 is 17.8 Å². The molecule has 0 aliphatic heterocycles. The maximum absolute atomic E-state index is 11.6. The molecule has 0 spiro atoms. The van der Waals surface area contributed by atoms with E-state index in [0.717, 1.165) is 5.56 Å². The number of rotatable bonds is 8. The SMILES string of the molecule is CCC(=O)CCC(NC(=O)OCc1ccccc1)C(N)=O. The Labute approximate surface area is 123 Å². The lowest BCUT2D eigenvalue weighted by atomic mass is 10.1. The Hall–Kier alpha value is -2.37. The van der Waals surface area contributed by atoms with Crippen LogP contribution in [0.4, 0.5) is 4.79 Å². The Morgan fingerprint density at radius 2 is 1.90 bits per heavy atom. The quantitative estimate of drug-likeness (QED) is 0.759. The van der Waals surface area contributed by atoms with E-state index in [9.17, 15) is 14.4 Å². The second-order valence-corrected chi connectivity index (χ2v) is 4.59. The average molecular weight is 292 g/mol. The molecule has 114 valence electrons. The normalized spacial score (nSPS) is 11.5. The van der Waals surface area contributed by atoms with E-state index in [0.29, 0.717) is 6.42 Å². The van der Waals surface area contributed by atoms with Crippen molar-refractivity contribution in [2.24, 2.45) is 5.73 Å². The summed E-state index contributed by atoms with van der Waals surface area (Å²) in [5.41, 5.74) is 6.04. The number of amides is 2. The highest BCUT2D eigenvalue weighted by molar-refractivity contribution is 5.85. The molecule has 6 heteroatoms. The van der Waals surface area contributed by atoms with Gasteiger partial charge in [-0.15, -0.1) is 0 Å². The van der Waals surface area contributed by atoms with Crippen LogP contribution in [0, 0.1) is 0 Å². The van der Waals surface area contributed by atoms with E-state index < -0.39 is 18.0 Å². The molecule has 0 saturated carbocycles. The number of hydrogen-bond acceptors (Lipinski definition) is 4. The lowest BCUT2D eigenvalue weighted by Crippen LogP contribution is -2.44. The molecular formula is C15H20N2O4. The van der Waals surface area contributed by atoms with Crippen LogP contribution in [0.2, 0.25) is 0 Å². The maximum Gasteiger partial charge on any atom is 0.408 e. The summed E-state index contributed by atoms with van der Waals surface area (Å²) in [5.74, 6) is -0.670. The summed E-state index contributed by atoms with van der Waals surface area (Å²) in [4.78, 5) is 34.1. The number of Topliss-reactive ketones (excluding diaryl/α,β-unsaturated/α-hetero) is 1. The summed E-state index contributed by atoms with van der Waals surface area (Å²) < 4.78 is 5.00. The molecule has 0 fully saturated rings. The second kappa shape index (κ2) is 8.73. The third-order valence-corrected chi connectivity index (χ3v) is 2.95. The summed E-state index contributed by atoms with van der Waals surface area (Å²) in [6.07, 6.45) is 0.0433. The molecule has 0 bridgehead atoms. The number of carbonyl (C=O) groups excluding carboxylic acids is 3. The van der Waals surface area contributed by atoms with Crippen LogP contribution >= 0.6 is 0 Å². The van der Waals surface area contributed by atoms with E-state index in [1.165, 1.54) is 0 Å². The van der Waals surface area contributed by atoms with Crippen LogP contribution in [0.25, 0.3) is 0 Å². The van der Waals surface area contributed by atoms with Crippen molar-refractivity contribution in [2.45, 2.75) is 38.8 Å². The lowest BCUT2D eigenvalue weighted by Gasteiger charge is -2.15. The zero-order valence-corrected chi connectivity index (χ0v) is 12.0. The second-order valence-electron chi connectivity index (χ2n) is 4.59. The first-order chi connectivity index (χ1) is 10.0. The number of benzene rings is 1. The van der Waals surface area contributed by atoms with Crippen LogP contribution < -0.4 is 11.1 Å². The van der Waals surface area contributed by atoms with E-state index in [-0.39, 0.29) is 25.2 Å². The molecule has 0 aliphatic rings. The summed E-state index contributed by atoms with van der Waals surface area (Å²) >= 11 is 0. The monoisotopic (exact) mass is 292 g/mol. The Morgan fingerprint density at radius 1 is 1.24 bits per heavy atom. The topological polar surface area (TPSA) is 98.5 Å². The minimum Gasteiger partial charge on any atom is -0.445 e. The average Bonchev–Trinajstić information content (AvgIpc) is 2.49. The zero-order chi connectivity index (χ0) is 15.7. The number of hydrogen-bond donors (Lipinski definition) is 2. The van der Waals surface area contributed by atoms with Gasteiger partial charge in [-0.05, 0) is 12.0 Å². The van der Waals surface area contributed by atoms with E-state index >= 15 is 0 Å². The summed E-state index contributed by atoms with van der Waals surface area (Å²) in [6, 6.07) is 8.26. The minimum atomic E-state index is -0.899. The van der Waals surface area contributed by atoms with Gasteiger partial charge in [0.1, 0.15) is 18.4 Å². The molecule has 1 aromatic rings. The predicted octanol–water partition coefficient (Wildman–Crippen LogP) is 1.53. The van der Waals surface area contributed by atoms with Crippen LogP contribution in [0.3, 0.4) is 0 Å². The van der Waals surface area contributed by atoms with Gasteiger partial charge in [0.15, 0.2) is 0 Å². The van der Waals surface area contributed by atoms with Crippen LogP contribution in [0.5, 0.6) is 0 Å². The van der Waals surface area contributed by atoms with Crippen LogP contribution in [-0.4, -0.2) is 23.8 Å². The number of nitrogens with two attached hydrogens (primary N) is 1. The molecule has 21 heavy (non-hydrogen) atoms. The molecule has 2 amide bonds. The predicted molar refractivity (Wildman–Crippen MR) is 77.3 cm³/mol. The van der Waals surface area contributed by atoms with E-state index in [1.807, 2.05) is 30.3 Å². The molecule has 0 saturated heterocycles. The number of ketones is 1. The van der Waals surface area contributed by atoms with Crippen molar-refractivity contribution in [3.05, 3.63) is 35.9 Å². The van der Waals surface area contributed by atoms with Crippen molar-refractivity contribution in [3.8, 4) is 0 Å². The number of nitrogens with one attached hydrogen (secondary N) is 1. The van der Waals surface area contributed by atoms with E-state index in [4.69, 9.17) is 10.5 Å². The standard InChI is InChI=1S/C15H20N2O4/c1-2-12(18)8-9-13(14(16)19)17-15(20)21-10-11-6-4-3-5-7-11/h3-7,13H,2,8-10H2,1H3,(H2,16,19)(H,17,20). The molecule has 1 rings (SSSR count). The van der Waals surface area contributed by atoms with Gasteiger partial charge in [-0.2, -0.15) is 0 Å². The highest BCUT2D eigenvalue weighted by atomic mass is 16.5. The molecule has 1 unspecified atom stereocenters. The first-order valence-corrected chi connectivity index (χ1v) is 6.81. The van der Waals surface area contributed by atoms with Gasteiger partial charge in [-0.3, -0.25) is 9.59 Å². The number of primary amides is 1. The maximum atomic E-state index is 11.6. The Balaban J connectivity index is 2.41. The lowest BCUT2D eigenvalue weighted by molar-refractivity contribution is -0.121. The third-order valence-electron chi connectivity index (χ3n) is 2.95. The smallest absolute Gasteiger partial charge is 0.408 e. The molecule has 0 heterocycles. The first-order valence-electron chi connectivity index (χ1n) is 6.81. The van der Waals surface area contributed by atoms with Crippen molar-refractivity contribution in [3.63, 3.8) is 0 Å². The molecule has 0 radical (unpaired) electrons. The van der Waals surface area contributed by atoms with Gasteiger partial charge < -0.3 is 15.8 Å². The largest absolute Gasteiger partial charge is 0.445 e. The third kappa shape index (κ3) is 6.56. The van der Waals surface area contributed by atoms with Gasteiger partial charge in [-0.1, -0.05) is 37.3 Å². The van der Waals surface area contributed by atoms with Gasteiger partial charge in [0.2, 0.25) is 5.91 Å². The van der Waals surface area contributed by atoms with Crippen molar-refractivity contribution < 1.29 is 19.1 Å². The molecule has 6 nitrogen and oxygen atoms in total. The number of carbonyl (C=O) groups is 3. The molecule has 3 N–H and O–H groups in total. The highest BCUT2D eigenvalue weighted by Gasteiger charge is 2.19. The molecule has 0 aliphatic carbocycles. The number of ether oxygens (including phenoxy) is 1. The van der Waals surface area contributed by atoms with Crippen molar-refractivity contribution in [2.75, 3.05) is 0 Å². The summed E-state index contributed by atoms with van der Waals surface area (Å²) in [6.45, 7) is 1.84.